The van der Waals surface area contributed by atoms with Crippen LogP contribution < -0.4 is 5.73 Å². The van der Waals surface area contributed by atoms with Gasteiger partial charge in [-0.2, -0.15) is 0 Å². The number of benzene rings is 1. The van der Waals surface area contributed by atoms with Crippen molar-refractivity contribution in [3.8, 4) is 11.1 Å². The summed E-state index contributed by atoms with van der Waals surface area (Å²) in [6, 6.07) is 12.9. The minimum absolute atomic E-state index is 0. The van der Waals surface area contributed by atoms with E-state index in [0.29, 0.717) is 5.41 Å². The van der Waals surface area contributed by atoms with Gasteiger partial charge in [-0.25, -0.2) is 0 Å². The minimum atomic E-state index is 0. The molecule has 1 aromatic heterocycles. The second kappa shape index (κ2) is 6.93. The quantitative estimate of drug-likeness (QED) is 0.921. The zero-order chi connectivity index (χ0) is 14.0. The first-order valence-corrected chi connectivity index (χ1v) is 8.12. The number of hydrogen-bond donors (Lipinski definition) is 1. The highest BCUT2D eigenvalue weighted by Gasteiger charge is 2.32. The molecule has 0 saturated carbocycles. The van der Waals surface area contributed by atoms with Crippen LogP contribution in [0.25, 0.3) is 11.1 Å². The fourth-order valence-corrected chi connectivity index (χ4v) is 3.83. The molecule has 0 spiro atoms. The van der Waals surface area contributed by atoms with Gasteiger partial charge in [0.25, 0.3) is 0 Å². The molecule has 1 unspecified atom stereocenters. The number of halogens is 1. The van der Waals surface area contributed by atoms with Crippen molar-refractivity contribution in [3.05, 3.63) is 46.7 Å². The van der Waals surface area contributed by atoms with Gasteiger partial charge in [0.05, 0.1) is 0 Å². The van der Waals surface area contributed by atoms with E-state index in [1.54, 1.807) is 0 Å². The first-order chi connectivity index (χ1) is 9.68. The second-order valence-electron chi connectivity index (χ2n) is 6.14. The molecule has 4 heteroatoms. The SMILES string of the molecule is CC1(CN)CCN(Cc2cc(-c3ccccc3)cs2)C1.Cl. The Balaban J connectivity index is 0.00000161. The maximum absolute atomic E-state index is 5.88. The van der Waals surface area contributed by atoms with Gasteiger partial charge in [-0.3, -0.25) is 4.90 Å². The Morgan fingerprint density at radius 1 is 1.24 bits per heavy atom. The van der Waals surface area contributed by atoms with Crippen LogP contribution in [0.15, 0.2) is 41.8 Å². The average molecular weight is 323 g/mol. The van der Waals surface area contributed by atoms with Crippen LogP contribution in [0.5, 0.6) is 0 Å². The summed E-state index contributed by atoms with van der Waals surface area (Å²) in [6.45, 7) is 6.46. The molecule has 0 aliphatic carbocycles. The molecule has 2 N–H and O–H groups in total. The normalized spacial score (nSPS) is 22.2. The third kappa shape index (κ3) is 3.86. The summed E-state index contributed by atoms with van der Waals surface area (Å²) in [5.74, 6) is 0. The summed E-state index contributed by atoms with van der Waals surface area (Å²) in [6.07, 6.45) is 1.22. The molecule has 1 aliphatic rings. The number of nitrogens with two attached hydrogens (primary N) is 1. The standard InChI is InChI=1S/C17H22N2S.ClH/c1-17(12-18)7-8-19(13-17)10-16-9-15(11-20-16)14-5-3-2-4-6-14;/h2-6,9,11H,7-8,10,12-13,18H2,1H3;1H. The third-order valence-corrected chi connectivity index (χ3v) is 5.19. The average Bonchev–Trinajstić information content (AvgIpc) is 3.08. The Morgan fingerprint density at radius 3 is 2.67 bits per heavy atom. The molecule has 114 valence electrons. The zero-order valence-electron chi connectivity index (χ0n) is 12.4. The lowest BCUT2D eigenvalue weighted by molar-refractivity contribution is 0.276. The maximum Gasteiger partial charge on any atom is 0.0328 e. The van der Waals surface area contributed by atoms with E-state index in [2.05, 4.69) is 53.6 Å². The fourth-order valence-electron chi connectivity index (χ4n) is 2.89. The molecule has 2 aromatic rings. The number of nitrogens with zero attached hydrogens (tertiary/aromatic N) is 1. The fraction of sp³-hybridized carbons (Fsp3) is 0.412. The maximum atomic E-state index is 5.88. The molecule has 2 heterocycles. The van der Waals surface area contributed by atoms with Crippen molar-refractivity contribution in [2.75, 3.05) is 19.6 Å². The molecule has 1 fully saturated rings. The van der Waals surface area contributed by atoms with E-state index in [1.807, 2.05) is 11.3 Å². The molecule has 21 heavy (non-hydrogen) atoms. The lowest BCUT2D eigenvalue weighted by Crippen LogP contribution is -2.30. The van der Waals surface area contributed by atoms with E-state index < -0.39 is 0 Å². The van der Waals surface area contributed by atoms with Crippen LogP contribution in [-0.2, 0) is 6.54 Å². The molecule has 2 nitrogen and oxygen atoms in total. The molecular formula is C17H23ClN2S. The largest absolute Gasteiger partial charge is 0.330 e. The van der Waals surface area contributed by atoms with Crippen LogP contribution in [0.2, 0.25) is 0 Å². The van der Waals surface area contributed by atoms with Crippen molar-refractivity contribution in [3.63, 3.8) is 0 Å². The van der Waals surface area contributed by atoms with Crippen LogP contribution >= 0.6 is 23.7 Å². The Morgan fingerprint density at radius 2 is 2.00 bits per heavy atom. The topological polar surface area (TPSA) is 29.3 Å². The van der Waals surface area contributed by atoms with E-state index in [4.69, 9.17) is 5.73 Å². The van der Waals surface area contributed by atoms with E-state index in [-0.39, 0.29) is 12.4 Å². The van der Waals surface area contributed by atoms with Crippen LogP contribution in [0.1, 0.15) is 18.2 Å². The number of likely N-dealkylation sites (tertiary alicyclic amines) is 1. The van der Waals surface area contributed by atoms with Gasteiger partial charge >= 0.3 is 0 Å². The molecule has 1 aliphatic heterocycles. The van der Waals surface area contributed by atoms with E-state index in [9.17, 15) is 0 Å². The predicted octanol–water partition coefficient (Wildman–Crippen LogP) is 4.01. The van der Waals surface area contributed by atoms with Crippen molar-refractivity contribution < 1.29 is 0 Å². The molecule has 1 saturated heterocycles. The van der Waals surface area contributed by atoms with Gasteiger partial charge in [0.1, 0.15) is 0 Å². The predicted molar refractivity (Wildman–Crippen MR) is 94.1 cm³/mol. The molecule has 3 rings (SSSR count). The summed E-state index contributed by atoms with van der Waals surface area (Å²) in [5, 5.41) is 2.27. The van der Waals surface area contributed by atoms with Crippen LogP contribution in [0.3, 0.4) is 0 Å². The lowest BCUT2D eigenvalue weighted by Gasteiger charge is -2.22. The van der Waals surface area contributed by atoms with Gasteiger partial charge in [-0.05, 0) is 47.5 Å². The summed E-state index contributed by atoms with van der Waals surface area (Å²) in [7, 11) is 0. The summed E-state index contributed by atoms with van der Waals surface area (Å²) >= 11 is 1.87. The van der Waals surface area contributed by atoms with Gasteiger partial charge in [0.15, 0.2) is 0 Å². The summed E-state index contributed by atoms with van der Waals surface area (Å²) < 4.78 is 0. The number of rotatable bonds is 4. The highest BCUT2D eigenvalue weighted by Crippen LogP contribution is 2.31. The van der Waals surface area contributed by atoms with Crippen molar-refractivity contribution in [1.82, 2.24) is 4.90 Å². The Labute approximate surface area is 137 Å². The van der Waals surface area contributed by atoms with Gasteiger partial charge in [0.2, 0.25) is 0 Å². The molecule has 0 bridgehead atoms. The molecule has 0 amide bonds. The Bertz CT molecular complexity index is 569. The van der Waals surface area contributed by atoms with Crippen LogP contribution in [0.4, 0.5) is 0 Å². The molecule has 1 atom stereocenters. The Hall–Kier alpha value is -0.870. The summed E-state index contributed by atoms with van der Waals surface area (Å²) in [5.41, 5.74) is 8.85. The zero-order valence-corrected chi connectivity index (χ0v) is 14.1. The van der Waals surface area contributed by atoms with Crippen molar-refractivity contribution in [2.24, 2.45) is 11.1 Å². The van der Waals surface area contributed by atoms with Gasteiger partial charge in [-0.15, -0.1) is 23.7 Å². The van der Waals surface area contributed by atoms with Crippen molar-refractivity contribution >= 4 is 23.7 Å². The highest BCUT2D eigenvalue weighted by atomic mass is 35.5. The lowest BCUT2D eigenvalue weighted by atomic mass is 9.90. The minimum Gasteiger partial charge on any atom is -0.330 e. The molecular weight excluding hydrogens is 300 g/mol. The third-order valence-electron chi connectivity index (χ3n) is 4.27. The van der Waals surface area contributed by atoms with E-state index in [1.165, 1.54) is 29.0 Å². The highest BCUT2D eigenvalue weighted by molar-refractivity contribution is 7.10. The van der Waals surface area contributed by atoms with Crippen LogP contribution in [-0.4, -0.2) is 24.5 Å². The molecule has 0 radical (unpaired) electrons. The number of thiophene rings is 1. The van der Waals surface area contributed by atoms with E-state index in [0.717, 1.165) is 19.6 Å². The van der Waals surface area contributed by atoms with Crippen molar-refractivity contribution in [2.45, 2.75) is 19.9 Å². The number of hydrogen-bond acceptors (Lipinski definition) is 3. The first-order valence-electron chi connectivity index (χ1n) is 7.24. The summed E-state index contributed by atoms with van der Waals surface area (Å²) in [4.78, 5) is 3.98. The smallest absolute Gasteiger partial charge is 0.0328 e. The second-order valence-corrected chi connectivity index (χ2v) is 7.14. The van der Waals surface area contributed by atoms with Crippen molar-refractivity contribution in [1.29, 1.82) is 0 Å². The molecule has 1 aromatic carbocycles. The monoisotopic (exact) mass is 322 g/mol. The van der Waals surface area contributed by atoms with Crippen LogP contribution in [0, 0.1) is 5.41 Å². The first kappa shape index (κ1) is 16.5. The van der Waals surface area contributed by atoms with Gasteiger partial charge < -0.3 is 5.73 Å². The van der Waals surface area contributed by atoms with E-state index >= 15 is 0 Å². The van der Waals surface area contributed by atoms with Gasteiger partial charge in [0, 0.05) is 18.0 Å². The Kier molecular flexibility index (Phi) is 5.44. The van der Waals surface area contributed by atoms with Gasteiger partial charge in [-0.1, -0.05) is 37.3 Å².